The normalized spacial score (nSPS) is 18.9. The van der Waals surface area contributed by atoms with Gasteiger partial charge in [0.05, 0.1) is 4.91 Å². The Bertz CT molecular complexity index is 576. The fraction of sp³-hybridized carbons (Fsp3) is 0.375. The number of rotatable bonds is 4. The average molecular weight is 303 g/mol. The van der Waals surface area contributed by atoms with Crippen molar-refractivity contribution in [2.75, 3.05) is 32.1 Å². The van der Waals surface area contributed by atoms with Crippen molar-refractivity contribution in [1.29, 1.82) is 0 Å². The summed E-state index contributed by atoms with van der Waals surface area (Å²) >= 11 is 1.46. The number of aliphatic imine (C=N–C) groups is 1. The molecule has 1 saturated heterocycles. The molecule has 5 heteroatoms. The monoisotopic (exact) mass is 303 g/mol. The predicted octanol–water partition coefficient (Wildman–Crippen LogP) is 3.06. The Morgan fingerprint density at radius 1 is 1.24 bits per heavy atom. The number of carbonyl (C=O) groups is 1. The number of hydrogen-bond acceptors (Lipinski definition) is 4. The molecule has 112 valence electrons. The molecule has 0 saturated carbocycles. The van der Waals surface area contributed by atoms with E-state index in [1.54, 1.807) is 4.90 Å². The Labute approximate surface area is 130 Å². The molecule has 21 heavy (non-hydrogen) atoms. The van der Waals surface area contributed by atoms with Crippen molar-refractivity contribution in [1.82, 2.24) is 4.90 Å². The summed E-state index contributed by atoms with van der Waals surface area (Å²) in [6, 6.07) is 8.16. The molecule has 1 aliphatic heterocycles. The second-order valence-corrected chi connectivity index (χ2v) is 5.91. The Morgan fingerprint density at radius 2 is 1.90 bits per heavy atom. The van der Waals surface area contributed by atoms with E-state index in [1.807, 2.05) is 46.2 Å². The molecule has 0 aromatic heterocycles. The van der Waals surface area contributed by atoms with Gasteiger partial charge in [0.1, 0.15) is 0 Å². The molecule has 0 bridgehead atoms. The van der Waals surface area contributed by atoms with Gasteiger partial charge in [-0.05, 0) is 49.4 Å². The van der Waals surface area contributed by atoms with Crippen LogP contribution in [-0.4, -0.2) is 43.2 Å². The number of thioether (sulfide) groups is 1. The minimum atomic E-state index is 0.0476. The molecule has 1 aliphatic rings. The molecule has 0 radical (unpaired) electrons. The molecule has 1 heterocycles. The van der Waals surface area contributed by atoms with Crippen molar-refractivity contribution >= 4 is 34.6 Å². The number of amides is 1. The molecule has 4 nitrogen and oxygen atoms in total. The molecule has 1 aromatic carbocycles. The molecule has 1 aromatic rings. The van der Waals surface area contributed by atoms with Gasteiger partial charge in [-0.3, -0.25) is 14.7 Å². The molecule has 0 atom stereocenters. The third kappa shape index (κ3) is 3.47. The zero-order chi connectivity index (χ0) is 15.4. The third-order valence-electron chi connectivity index (χ3n) is 3.20. The van der Waals surface area contributed by atoms with Gasteiger partial charge in [-0.1, -0.05) is 12.1 Å². The van der Waals surface area contributed by atoms with E-state index in [1.165, 1.54) is 11.8 Å². The van der Waals surface area contributed by atoms with Crippen LogP contribution in [0.2, 0.25) is 0 Å². The van der Waals surface area contributed by atoms with Crippen molar-refractivity contribution < 1.29 is 4.79 Å². The van der Waals surface area contributed by atoms with Gasteiger partial charge in [0.25, 0.3) is 5.91 Å². The Morgan fingerprint density at radius 3 is 2.43 bits per heavy atom. The highest BCUT2D eigenvalue weighted by molar-refractivity contribution is 8.18. The maximum Gasteiger partial charge on any atom is 0.266 e. The summed E-state index contributed by atoms with van der Waals surface area (Å²) in [4.78, 5) is 21.3. The van der Waals surface area contributed by atoms with Gasteiger partial charge in [-0.25, -0.2) is 0 Å². The van der Waals surface area contributed by atoms with Crippen LogP contribution in [0, 0.1) is 0 Å². The number of likely N-dealkylation sites (N-methyl/N-ethyl adjacent to an activating group) is 1. The van der Waals surface area contributed by atoms with E-state index in [-0.39, 0.29) is 5.91 Å². The minimum absolute atomic E-state index is 0.0476. The number of anilines is 1. The number of amidine groups is 1. The van der Waals surface area contributed by atoms with Crippen LogP contribution < -0.4 is 4.90 Å². The first-order valence-electron chi connectivity index (χ1n) is 7.10. The minimum Gasteiger partial charge on any atom is -0.378 e. The molecular weight excluding hydrogens is 282 g/mol. The van der Waals surface area contributed by atoms with Crippen LogP contribution in [-0.2, 0) is 4.79 Å². The molecule has 0 N–H and O–H groups in total. The smallest absolute Gasteiger partial charge is 0.266 e. The summed E-state index contributed by atoms with van der Waals surface area (Å²) in [7, 11) is 4.02. The third-order valence-corrected chi connectivity index (χ3v) is 4.25. The highest BCUT2D eigenvalue weighted by atomic mass is 32.2. The lowest BCUT2D eigenvalue weighted by Crippen LogP contribution is -2.28. The number of hydrogen-bond donors (Lipinski definition) is 0. The summed E-state index contributed by atoms with van der Waals surface area (Å²) in [5.74, 6) is 0.0476. The maximum atomic E-state index is 12.3. The van der Waals surface area contributed by atoms with E-state index in [9.17, 15) is 4.79 Å². The summed E-state index contributed by atoms with van der Waals surface area (Å²) < 4.78 is 0. The van der Waals surface area contributed by atoms with Crippen LogP contribution in [0.5, 0.6) is 0 Å². The first-order chi connectivity index (χ1) is 10.1. The highest BCUT2D eigenvalue weighted by Gasteiger charge is 2.31. The molecule has 1 fully saturated rings. The van der Waals surface area contributed by atoms with Gasteiger partial charge in [0.2, 0.25) is 0 Å². The van der Waals surface area contributed by atoms with Gasteiger partial charge in [0.15, 0.2) is 5.17 Å². The Balaban J connectivity index is 2.25. The van der Waals surface area contributed by atoms with E-state index in [0.29, 0.717) is 13.1 Å². The standard InChI is InChI=1S/C16H21N3OS/c1-5-17-16-19(6-2)15(20)14(21-16)11-12-7-9-13(10-8-12)18(3)4/h7-11H,5-6H2,1-4H3/b14-11+,17-16?. The van der Waals surface area contributed by atoms with Crippen LogP contribution >= 0.6 is 11.8 Å². The largest absolute Gasteiger partial charge is 0.378 e. The highest BCUT2D eigenvalue weighted by Crippen LogP contribution is 2.32. The topological polar surface area (TPSA) is 35.9 Å². The maximum absolute atomic E-state index is 12.3. The summed E-state index contributed by atoms with van der Waals surface area (Å²) in [5.41, 5.74) is 2.18. The summed E-state index contributed by atoms with van der Waals surface area (Å²) in [6.07, 6.45) is 1.94. The lowest BCUT2D eigenvalue weighted by molar-refractivity contribution is -0.122. The summed E-state index contributed by atoms with van der Waals surface area (Å²) in [5, 5.41) is 0.807. The van der Waals surface area contributed by atoms with Gasteiger partial charge >= 0.3 is 0 Å². The molecular formula is C16H21N3OS. The molecule has 0 aliphatic carbocycles. The molecule has 2 rings (SSSR count). The average Bonchev–Trinajstić information content (AvgIpc) is 2.75. The van der Waals surface area contributed by atoms with Crippen molar-refractivity contribution in [2.45, 2.75) is 13.8 Å². The van der Waals surface area contributed by atoms with Crippen LogP contribution in [0.15, 0.2) is 34.2 Å². The van der Waals surface area contributed by atoms with Crippen LogP contribution in [0.4, 0.5) is 5.69 Å². The molecule has 0 spiro atoms. The number of benzene rings is 1. The summed E-state index contributed by atoms with van der Waals surface area (Å²) in [6.45, 7) is 5.30. The lowest BCUT2D eigenvalue weighted by atomic mass is 10.2. The first-order valence-corrected chi connectivity index (χ1v) is 7.91. The quantitative estimate of drug-likeness (QED) is 0.802. The van der Waals surface area contributed by atoms with Gasteiger partial charge in [0, 0.05) is 32.9 Å². The van der Waals surface area contributed by atoms with Crippen LogP contribution in [0.25, 0.3) is 6.08 Å². The predicted molar refractivity (Wildman–Crippen MR) is 91.7 cm³/mol. The second-order valence-electron chi connectivity index (χ2n) is 4.90. The molecule has 1 amide bonds. The van der Waals surface area contributed by atoms with Crippen LogP contribution in [0.3, 0.4) is 0 Å². The van der Waals surface area contributed by atoms with Gasteiger partial charge < -0.3 is 4.90 Å². The van der Waals surface area contributed by atoms with Crippen molar-refractivity contribution in [3.05, 3.63) is 34.7 Å². The zero-order valence-electron chi connectivity index (χ0n) is 13.0. The van der Waals surface area contributed by atoms with Crippen molar-refractivity contribution in [3.8, 4) is 0 Å². The van der Waals surface area contributed by atoms with E-state index in [2.05, 4.69) is 22.0 Å². The van der Waals surface area contributed by atoms with E-state index in [4.69, 9.17) is 0 Å². The number of carbonyl (C=O) groups excluding carboxylic acids is 1. The van der Waals surface area contributed by atoms with E-state index < -0.39 is 0 Å². The van der Waals surface area contributed by atoms with E-state index >= 15 is 0 Å². The van der Waals surface area contributed by atoms with Gasteiger partial charge in [-0.15, -0.1) is 0 Å². The van der Waals surface area contributed by atoms with Gasteiger partial charge in [-0.2, -0.15) is 0 Å². The Kier molecular flexibility index (Phi) is 5.07. The van der Waals surface area contributed by atoms with Crippen molar-refractivity contribution in [3.63, 3.8) is 0 Å². The SMILES string of the molecule is CCN=C1S/C(=C/c2ccc(N(C)C)cc2)C(=O)N1CC. The van der Waals surface area contributed by atoms with Crippen molar-refractivity contribution in [2.24, 2.45) is 4.99 Å². The zero-order valence-corrected chi connectivity index (χ0v) is 13.8. The Hall–Kier alpha value is -1.75. The number of nitrogens with zero attached hydrogens (tertiary/aromatic N) is 3. The fourth-order valence-electron chi connectivity index (χ4n) is 2.06. The molecule has 0 unspecified atom stereocenters. The first kappa shape index (κ1) is 15.6. The van der Waals surface area contributed by atoms with Crippen LogP contribution in [0.1, 0.15) is 19.4 Å². The second kappa shape index (κ2) is 6.80. The lowest BCUT2D eigenvalue weighted by Gasteiger charge is -2.12. The van der Waals surface area contributed by atoms with E-state index in [0.717, 1.165) is 21.3 Å². The fourth-order valence-corrected chi connectivity index (χ4v) is 3.17.